The second kappa shape index (κ2) is 5.18. The average molecular weight is 311 g/mol. The number of para-hydroxylation sites is 1. The first-order chi connectivity index (χ1) is 8.59. The van der Waals surface area contributed by atoms with Crippen molar-refractivity contribution in [2.75, 3.05) is 0 Å². The Morgan fingerprint density at radius 1 is 1.11 bits per heavy atom. The molecule has 0 unspecified atom stereocenters. The minimum absolute atomic E-state index is 0.0330. The number of aromatic carboxylic acids is 1. The molecule has 0 atom stereocenters. The van der Waals surface area contributed by atoms with Gasteiger partial charge in [-0.25, -0.2) is 9.18 Å². The van der Waals surface area contributed by atoms with Crippen LogP contribution in [0.4, 0.5) is 4.39 Å². The predicted molar refractivity (Wildman–Crippen MR) is 67.6 cm³/mol. The molecule has 2 rings (SSSR count). The maximum Gasteiger partial charge on any atom is 0.342 e. The molecule has 2 aromatic carbocycles. The molecule has 92 valence electrons. The SMILES string of the molecule is O=C(O)c1c(F)cccc1Oc1ccccc1Br. The summed E-state index contributed by atoms with van der Waals surface area (Å²) in [6, 6.07) is 10.8. The lowest BCUT2D eigenvalue weighted by molar-refractivity contribution is 0.0689. The van der Waals surface area contributed by atoms with Gasteiger partial charge in [0, 0.05) is 0 Å². The van der Waals surface area contributed by atoms with Crippen molar-refractivity contribution in [3.05, 3.63) is 58.3 Å². The Balaban J connectivity index is 2.44. The zero-order valence-corrected chi connectivity index (χ0v) is 10.6. The Hall–Kier alpha value is -1.88. The second-order valence-corrected chi connectivity index (χ2v) is 4.30. The molecular weight excluding hydrogens is 303 g/mol. The molecule has 0 aliphatic carbocycles. The van der Waals surface area contributed by atoms with Gasteiger partial charge in [-0.05, 0) is 40.2 Å². The standard InChI is InChI=1S/C13H8BrFO3/c14-8-4-1-2-6-10(8)18-11-7-3-5-9(15)12(11)13(16)17/h1-7H,(H,16,17). The summed E-state index contributed by atoms with van der Waals surface area (Å²) in [4.78, 5) is 11.0. The molecule has 5 heteroatoms. The van der Waals surface area contributed by atoms with Crippen LogP contribution in [0, 0.1) is 5.82 Å². The van der Waals surface area contributed by atoms with Crippen LogP contribution < -0.4 is 4.74 Å². The molecule has 0 aliphatic heterocycles. The highest BCUT2D eigenvalue weighted by atomic mass is 79.9. The van der Waals surface area contributed by atoms with Gasteiger partial charge in [0.25, 0.3) is 0 Å². The van der Waals surface area contributed by atoms with Crippen LogP contribution >= 0.6 is 15.9 Å². The Bertz CT molecular complexity index is 599. The topological polar surface area (TPSA) is 46.5 Å². The monoisotopic (exact) mass is 310 g/mol. The predicted octanol–water partition coefficient (Wildman–Crippen LogP) is 4.08. The fourth-order valence-corrected chi connectivity index (χ4v) is 1.81. The van der Waals surface area contributed by atoms with Gasteiger partial charge in [0.2, 0.25) is 0 Å². The van der Waals surface area contributed by atoms with Crippen LogP contribution in [-0.4, -0.2) is 11.1 Å². The van der Waals surface area contributed by atoms with Gasteiger partial charge in [-0.1, -0.05) is 18.2 Å². The number of hydrogen-bond donors (Lipinski definition) is 1. The van der Waals surface area contributed by atoms with Gasteiger partial charge >= 0.3 is 5.97 Å². The van der Waals surface area contributed by atoms with Crippen LogP contribution in [-0.2, 0) is 0 Å². The van der Waals surface area contributed by atoms with E-state index in [2.05, 4.69) is 15.9 Å². The number of rotatable bonds is 3. The molecule has 0 radical (unpaired) electrons. The lowest BCUT2D eigenvalue weighted by Gasteiger charge is -2.10. The molecule has 0 fully saturated rings. The van der Waals surface area contributed by atoms with E-state index in [1.54, 1.807) is 24.3 Å². The van der Waals surface area contributed by atoms with Crippen LogP contribution in [0.5, 0.6) is 11.5 Å². The van der Waals surface area contributed by atoms with Gasteiger partial charge in [0.1, 0.15) is 22.9 Å². The Morgan fingerprint density at radius 2 is 1.78 bits per heavy atom. The van der Waals surface area contributed by atoms with E-state index in [0.29, 0.717) is 10.2 Å². The van der Waals surface area contributed by atoms with E-state index in [9.17, 15) is 9.18 Å². The highest BCUT2D eigenvalue weighted by Gasteiger charge is 2.17. The highest BCUT2D eigenvalue weighted by molar-refractivity contribution is 9.10. The summed E-state index contributed by atoms with van der Waals surface area (Å²) >= 11 is 3.27. The number of hydrogen-bond acceptors (Lipinski definition) is 2. The van der Waals surface area contributed by atoms with E-state index in [1.807, 2.05) is 0 Å². The van der Waals surface area contributed by atoms with E-state index in [1.165, 1.54) is 12.1 Å². The fraction of sp³-hybridized carbons (Fsp3) is 0. The molecule has 1 N–H and O–H groups in total. The summed E-state index contributed by atoms with van der Waals surface area (Å²) < 4.78 is 19.5. The third kappa shape index (κ3) is 2.51. The van der Waals surface area contributed by atoms with Gasteiger partial charge in [-0.2, -0.15) is 0 Å². The third-order valence-electron chi connectivity index (χ3n) is 2.25. The number of carboxylic acid groups (broad SMARTS) is 1. The van der Waals surface area contributed by atoms with E-state index in [4.69, 9.17) is 9.84 Å². The first-order valence-electron chi connectivity index (χ1n) is 5.04. The molecule has 0 aromatic heterocycles. The fourth-order valence-electron chi connectivity index (χ4n) is 1.44. The van der Waals surface area contributed by atoms with Crippen molar-refractivity contribution in [1.82, 2.24) is 0 Å². The van der Waals surface area contributed by atoms with Crippen molar-refractivity contribution in [2.24, 2.45) is 0 Å². The normalized spacial score (nSPS) is 10.1. The molecule has 0 bridgehead atoms. The molecule has 0 amide bonds. The summed E-state index contributed by atoms with van der Waals surface area (Å²) in [5.74, 6) is -1.80. The highest BCUT2D eigenvalue weighted by Crippen LogP contribution is 2.32. The van der Waals surface area contributed by atoms with Crippen LogP contribution in [0.3, 0.4) is 0 Å². The molecule has 0 spiro atoms. The van der Waals surface area contributed by atoms with Gasteiger partial charge in [-0.15, -0.1) is 0 Å². The molecule has 0 aliphatic rings. The van der Waals surface area contributed by atoms with Gasteiger partial charge in [0.15, 0.2) is 0 Å². The molecule has 0 heterocycles. The van der Waals surface area contributed by atoms with Crippen molar-refractivity contribution in [2.45, 2.75) is 0 Å². The number of carbonyl (C=O) groups is 1. The van der Waals surface area contributed by atoms with Crippen molar-refractivity contribution in [3.8, 4) is 11.5 Å². The second-order valence-electron chi connectivity index (χ2n) is 3.45. The Morgan fingerprint density at radius 3 is 2.44 bits per heavy atom. The van der Waals surface area contributed by atoms with E-state index in [-0.39, 0.29) is 5.75 Å². The van der Waals surface area contributed by atoms with Crippen molar-refractivity contribution >= 4 is 21.9 Å². The van der Waals surface area contributed by atoms with E-state index >= 15 is 0 Å². The lowest BCUT2D eigenvalue weighted by atomic mass is 10.2. The van der Waals surface area contributed by atoms with Gasteiger partial charge < -0.3 is 9.84 Å². The lowest BCUT2D eigenvalue weighted by Crippen LogP contribution is -2.03. The smallest absolute Gasteiger partial charge is 0.342 e. The van der Waals surface area contributed by atoms with Crippen LogP contribution in [0.25, 0.3) is 0 Å². The van der Waals surface area contributed by atoms with E-state index < -0.39 is 17.3 Å². The summed E-state index contributed by atoms with van der Waals surface area (Å²) in [6.07, 6.45) is 0. The van der Waals surface area contributed by atoms with Crippen LogP contribution in [0.15, 0.2) is 46.9 Å². The Labute approximate surface area is 111 Å². The molecular formula is C13H8BrFO3. The summed E-state index contributed by atoms with van der Waals surface area (Å²) in [7, 11) is 0. The van der Waals surface area contributed by atoms with Crippen molar-refractivity contribution in [1.29, 1.82) is 0 Å². The van der Waals surface area contributed by atoms with Gasteiger partial charge in [-0.3, -0.25) is 0 Å². The molecule has 18 heavy (non-hydrogen) atoms. The molecule has 0 saturated heterocycles. The van der Waals surface area contributed by atoms with Crippen LogP contribution in [0.2, 0.25) is 0 Å². The van der Waals surface area contributed by atoms with Crippen LogP contribution in [0.1, 0.15) is 10.4 Å². The minimum atomic E-state index is -1.37. The average Bonchev–Trinajstić information content (AvgIpc) is 2.31. The minimum Gasteiger partial charge on any atom is -0.477 e. The quantitative estimate of drug-likeness (QED) is 0.929. The number of ether oxygens (including phenoxy) is 1. The maximum atomic E-state index is 13.4. The number of benzene rings is 2. The third-order valence-corrected chi connectivity index (χ3v) is 2.90. The Kier molecular flexibility index (Phi) is 3.62. The largest absolute Gasteiger partial charge is 0.477 e. The molecule has 3 nitrogen and oxygen atoms in total. The zero-order chi connectivity index (χ0) is 13.1. The molecule has 0 saturated carbocycles. The summed E-state index contributed by atoms with van der Waals surface area (Å²) in [5.41, 5.74) is -0.478. The number of halogens is 2. The van der Waals surface area contributed by atoms with Gasteiger partial charge in [0.05, 0.1) is 4.47 Å². The van der Waals surface area contributed by atoms with Crippen molar-refractivity contribution < 1.29 is 19.0 Å². The first kappa shape index (κ1) is 12.6. The summed E-state index contributed by atoms with van der Waals surface area (Å²) in [5, 5.41) is 8.96. The van der Waals surface area contributed by atoms with Crippen molar-refractivity contribution in [3.63, 3.8) is 0 Å². The van der Waals surface area contributed by atoms with E-state index in [0.717, 1.165) is 6.07 Å². The number of carboxylic acids is 1. The maximum absolute atomic E-state index is 13.4. The first-order valence-corrected chi connectivity index (χ1v) is 5.83. The molecule has 2 aromatic rings. The zero-order valence-electron chi connectivity index (χ0n) is 9.06. The summed E-state index contributed by atoms with van der Waals surface area (Å²) in [6.45, 7) is 0.